The van der Waals surface area contributed by atoms with Gasteiger partial charge in [0.15, 0.2) is 0 Å². The Morgan fingerprint density at radius 1 is 1.62 bits per heavy atom. The highest BCUT2D eigenvalue weighted by atomic mass is 35.5. The molecule has 0 spiro atoms. The van der Waals surface area contributed by atoms with Crippen molar-refractivity contribution in [3.63, 3.8) is 0 Å². The highest BCUT2D eigenvalue weighted by molar-refractivity contribution is 6.31. The molecular formula is C11H14ClN. The molecule has 1 aromatic carbocycles. The van der Waals surface area contributed by atoms with Crippen LogP contribution in [0, 0.1) is 0 Å². The van der Waals surface area contributed by atoms with Crippen molar-refractivity contribution in [1.29, 1.82) is 0 Å². The van der Waals surface area contributed by atoms with E-state index in [9.17, 15) is 0 Å². The molecule has 1 aromatic rings. The molecule has 0 amide bonds. The molecular weight excluding hydrogens is 182 g/mol. The minimum absolute atomic E-state index is 0.117. The molecule has 2 heteroatoms. The van der Waals surface area contributed by atoms with Crippen molar-refractivity contribution in [1.82, 2.24) is 0 Å². The number of nitrogens with two attached hydrogens (primary N) is 1. The lowest BCUT2D eigenvalue weighted by Gasteiger charge is -2.13. The molecule has 13 heavy (non-hydrogen) atoms. The van der Waals surface area contributed by atoms with Crippen molar-refractivity contribution < 1.29 is 0 Å². The van der Waals surface area contributed by atoms with Crippen LogP contribution >= 0.6 is 11.6 Å². The smallest absolute Gasteiger partial charge is 0.0481 e. The van der Waals surface area contributed by atoms with Gasteiger partial charge in [-0.05, 0) is 23.6 Å². The fourth-order valence-electron chi connectivity index (χ4n) is 1.39. The van der Waals surface area contributed by atoms with E-state index in [0.717, 1.165) is 22.6 Å². The Bertz CT molecular complexity index is 307. The van der Waals surface area contributed by atoms with E-state index in [2.05, 4.69) is 13.5 Å². The van der Waals surface area contributed by atoms with Crippen molar-refractivity contribution in [2.75, 3.05) is 0 Å². The molecule has 0 unspecified atom stereocenters. The Balaban J connectivity index is 3.19. The number of benzene rings is 1. The summed E-state index contributed by atoms with van der Waals surface area (Å²) in [6.07, 6.45) is 2.63. The standard InChI is InChI=1S/C11H14ClN/c1-3-8-9(11(13)4-2)6-5-7-10(8)12/h4-7,11H,2-3,13H2,1H3/t11-/m0/s1. The van der Waals surface area contributed by atoms with Crippen LogP contribution in [0.1, 0.15) is 24.1 Å². The molecule has 2 N–H and O–H groups in total. The predicted molar refractivity (Wildman–Crippen MR) is 58.0 cm³/mol. The minimum Gasteiger partial charge on any atom is -0.321 e. The lowest BCUT2D eigenvalue weighted by molar-refractivity contribution is 0.886. The van der Waals surface area contributed by atoms with Crippen LogP contribution in [-0.2, 0) is 6.42 Å². The zero-order valence-electron chi connectivity index (χ0n) is 7.76. The summed E-state index contributed by atoms with van der Waals surface area (Å²) in [6, 6.07) is 5.69. The first kappa shape index (κ1) is 10.3. The Hall–Kier alpha value is -0.790. The highest BCUT2D eigenvalue weighted by Crippen LogP contribution is 2.24. The number of halogens is 1. The van der Waals surface area contributed by atoms with Gasteiger partial charge in [0.25, 0.3) is 0 Å². The molecule has 0 heterocycles. The second-order valence-corrected chi connectivity index (χ2v) is 3.33. The quantitative estimate of drug-likeness (QED) is 0.738. The molecule has 70 valence electrons. The van der Waals surface area contributed by atoms with Crippen molar-refractivity contribution in [3.05, 3.63) is 47.0 Å². The van der Waals surface area contributed by atoms with E-state index in [1.165, 1.54) is 0 Å². The first-order chi connectivity index (χ1) is 6.20. The van der Waals surface area contributed by atoms with Gasteiger partial charge in [-0.2, -0.15) is 0 Å². The van der Waals surface area contributed by atoms with Crippen LogP contribution in [0.25, 0.3) is 0 Å². The number of hydrogen-bond donors (Lipinski definition) is 1. The molecule has 1 nitrogen and oxygen atoms in total. The van der Waals surface area contributed by atoms with Gasteiger partial charge in [-0.25, -0.2) is 0 Å². The molecule has 0 aliphatic rings. The molecule has 0 aliphatic carbocycles. The third-order valence-electron chi connectivity index (χ3n) is 2.12. The fraction of sp³-hybridized carbons (Fsp3) is 0.273. The van der Waals surface area contributed by atoms with Gasteiger partial charge in [-0.3, -0.25) is 0 Å². The lowest BCUT2D eigenvalue weighted by Crippen LogP contribution is -2.09. The topological polar surface area (TPSA) is 26.0 Å². The van der Waals surface area contributed by atoms with Crippen LogP contribution in [0.3, 0.4) is 0 Å². The minimum atomic E-state index is -0.117. The van der Waals surface area contributed by atoms with Crippen molar-refractivity contribution in [2.45, 2.75) is 19.4 Å². The molecule has 0 bridgehead atoms. The van der Waals surface area contributed by atoms with E-state index in [0.29, 0.717) is 0 Å². The summed E-state index contributed by atoms with van der Waals surface area (Å²) in [6.45, 7) is 5.74. The van der Waals surface area contributed by atoms with Crippen LogP contribution in [0.5, 0.6) is 0 Å². The van der Waals surface area contributed by atoms with E-state index in [1.807, 2.05) is 18.2 Å². The first-order valence-electron chi connectivity index (χ1n) is 4.36. The van der Waals surface area contributed by atoms with Crippen LogP contribution < -0.4 is 5.73 Å². The van der Waals surface area contributed by atoms with Crippen LogP contribution in [0.15, 0.2) is 30.9 Å². The maximum absolute atomic E-state index is 6.04. The van der Waals surface area contributed by atoms with Crippen molar-refractivity contribution in [3.8, 4) is 0 Å². The SMILES string of the molecule is C=C[C@H](N)c1cccc(Cl)c1CC. The van der Waals surface area contributed by atoms with E-state index in [1.54, 1.807) is 6.08 Å². The monoisotopic (exact) mass is 195 g/mol. The zero-order valence-corrected chi connectivity index (χ0v) is 8.51. The second kappa shape index (κ2) is 4.45. The molecule has 0 aromatic heterocycles. The van der Waals surface area contributed by atoms with Crippen LogP contribution in [0.4, 0.5) is 0 Å². The molecule has 0 saturated carbocycles. The largest absolute Gasteiger partial charge is 0.321 e. The van der Waals surface area contributed by atoms with Gasteiger partial charge in [0.1, 0.15) is 0 Å². The van der Waals surface area contributed by atoms with Gasteiger partial charge in [-0.15, -0.1) is 6.58 Å². The summed E-state index contributed by atoms with van der Waals surface area (Å²) in [5.41, 5.74) is 8.06. The molecule has 0 radical (unpaired) electrons. The maximum Gasteiger partial charge on any atom is 0.0481 e. The van der Waals surface area contributed by atoms with E-state index >= 15 is 0 Å². The van der Waals surface area contributed by atoms with Gasteiger partial charge in [0.05, 0.1) is 0 Å². The van der Waals surface area contributed by atoms with Gasteiger partial charge in [0.2, 0.25) is 0 Å². The molecule has 0 aliphatic heterocycles. The van der Waals surface area contributed by atoms with Crippen molar-refractivity contribution >= 4 is 11.6 Å². The Morgan fingerprint density at radius 3 is 2.85 bits per heavy atom. The average molecular weight is 196 g/mol. The molecule has 1 rings (SSSR count). The third kappa shape index (κ3) is 2.11. The maximum atomic E-state index is 6.04. The summed E-state index contributed by atoms with van der Waals surface area (Å²) in [5.74, 6) is 0. The number of hydrogen-bond acceptors (Lipinski definition) is 1. The summed E-state index contributed by atoms with van der Waals surface area (Å²) < 4.78 is 0. The molecule has 1 atom stereocenters. The second-order valence-electron chi connectivity index (χ2n) is 2.92. The lowest BCUT2D eigenvalue weighted by atomic mass is 9.99. The zero-order chi connectivity index (χ0) is 9.84. The van der Waals surface area contributed by atoms with E-state index in [4.69, 9.17) is 17.3 Å². The highest BCUT2D eigenvalue weighted by Gasteiger charge is 2.08. The summed E-state index contributed by atoms with van der Waals surface area (Å²) in [4.78, 5) is 0. The van der Waals surface area contributed by atoms with Crippen molar-refractivity contribution in [2.24, 2.45) is 5.73 Å². The Morgan fingerprint density at radius 2 is 2.31 bits per heavy atom. The fourth-order valence-corrected chi connectivity index (χ4v) is 1.70. The number of rotatable bonds is 3. The van der Waals surface area contributed by atoms with Gasteiger partial charge < -0.3 is 5.73 Å². The van der Waals surface area contributed by atoms with Gasteiger partial charge in [-0.1, -0.05) is 36.7 Å². The van der Waals surface area contributed by atoms with Gasteiger partial charge in [0, 0.05) is 11.1 Å². The molecule has 0 saturated heterocycles. The Labute approximate surface area is 84.2 Å². The predicted octanol–water partition coefficient (Wildman–Crippen LogP) is 3.09. The van der Waals surface area contributed by atoms with E-state index in [-0.39, 0.29) is 6.04 Å². The molecule has 0 fully saturated rings. The first-order valence-corrected chi connectivity index (χ1v) is 4.74. The normalized spacial score (nSPS) is 12.5. The van der Waals surface area contributed by atoms with Crippen LogP contribution in [0.2, 0.25) is 5.02 Å². The Kier molecular flexibility index (Phi) is 3.52. The summed E-state index contributed by atoms with van der Waals surface area (Å²) >= 11 is 6.04. The van der Waals surface area contributed by atoms with E-state index < -0.39 is 0 Å². The van der Waals surface area contributed by atoms with Gasteiger partial charge >= 0.3 is 0 Å². The third-order valence-corrected chi connectivity index (χ3v) is 2.48. The summed E-state index contributed by atoms with van der Waals surface area (Å²) in [7, 11) is 0. The average Bonchev–Trinajstić information content (AvgIpc) is 2.16. The van der Waals surface area contributed by atoms with Crippen LogP contribution in [-0.4, -0.2) is 0 Å². The summed E-state index contributed by atoms with van der Waals surface area (Å²) in [5, 5.41) is 0.789.